The van der Waals surface area contributed by atoms with Crippen molar-refractivity contribution in [2.75, 3.05) is 5.32 Å². The largest absolute Gasteiger partial charge is 0.437 e. The predicted octanol–water partition coefficient (Wildman–Crippen LogP) is 2.93. The zero-order chi connectivity index (χ0) is 17.2. The number of aromatic nitrogens is 3. The summed E-state index contributed by atoms with van der Waals surface area (Å²) < 4.78 is 6.31. The molecular weight excluding hydrogens is 360 g/mol. The average molecular weight is 376 g/mol. The van der Waals surface area contributed by atoms with Gasteiger partial charge in [-0.05, 0) is 37.1 Å². The molecule has 130 valence electrons. The monoisotopic (exact) mass is 376 g/mol. The van der Waals surface area contributed by atoms with Crippen molar-refractivity contribution in [1.82, 2.24) is 14.8 Å². The Morgan fingerprint density at radius 2 is 2.24 bits per heavy atom. The maximum absolute atomic E-state index is 12.1. The van der Waals surface area contributed by atoms with Crippen LogP contribution in [0.1, 0.15) is 29.8 Å². The SMILES string of the molecule is O=C(CCn1nc(-c2cccs2)oc1=O)Nc1nc2c(s1)CCCC2. The summed E-state index contributed by atoms with van der Waals surface area (Å²) in [7, 11) is 0. The fourth-order valence-corrected chi connectivity index (χ4v) is 4.45. The van der Waals surface area contributed by atoms with Gasteiger partial charge in [-0.1, -0.05) is 6.07 Å². The Hall–Kier alpha value is -2.26. The molecule has 0 aromatic carbocycles. The van der Waals surface area contributed by atoms with E-state index in [1.54, 1.807) is 11.3 Å². The molecule has 7 nitrogen and oxygen atoms in total. The van der Waals surface area contributed by atoms with Crippen molar-refractivity contribution in [3.05, 3.63) is 38.6 Å². The van der Waals surface area contributed by atoms with E-state index in [0.29, 0.717) is 5.13 Å². The molecule has 0 fully saturated rings. The first-order valence-electron chi connectivity index (χ1n) is 8.09. The van der Waals surface area contributed by atoms with Gasteiger partial charge in [0, 0.05) is 11.3 Å². The summed E-state index contributed by atoms with van der Waals surface area (Å²) in [5, 5.41) is 9.49. The molecule has 0 atom stereocenters. The fraction of sp³-hybridized carbons (Fsp3) is 0.375. The van der Waals surface area contributed by atoms with Crippen LogP contribution in [0.25, 0.3) is 10.8 Å². The molecule has 3 heterocycles. The zero-order valence-electron chi connectivity index (χ0n) is 13.4. The first-order valence-corrected chi connectivity index (χ1v) is 9.79. The summed E-state index contributed by atoms with van der Waals surface area (Å²) in [5.74, 6) is -0.451. The Balaban J connectivity index is 1.37. The number of aryl methyl sites for hydroxylation is 3. The molecule has 0 aliphatic heterocycles. The van der Waals surface area contributed by atoms with E-state index in [4.69, 9.17) is 4.42 Å². The van der Waals surface area contributed by atoms with Crippen LogP contribution in [0.4, 0.5) is 5.13 Å². The highest BCUT2D eigenvalue weighted by Gasteiger charge is 2.17. The van der Waals surface area contributed by atoms with Gasteiger partial charge in [-0.25, -0.2) is 9.78 Å². The molecule has 1 aliphatic rings. The molecule has 0 spiro atoms. The fourth-order valence-electron chi connectivity index (χ4n) is 2.74. The summed E-state index contributed by atoms with van der Waals surface area (Å²) >= 11 is 2.99. The molecule has 0 unspecified atom stereocenters. The number of thiazole rings is 1. The lowest BCUT2D eigenvalue weighted by atomic mass is 10.0. The lowest BCUT2D eigenvalue weighted by Crippen LogP contribution is -2.20. The molecular formula is C16H16N4O3S2. The molecule has 25 heavy (non-hydrogen) atoms. The van der Waals surface area contributed by atoms with Gasteiger partial charge in [-0.2, -0.15) is 4.68 Å². The molecule has 0 bridgehead atoms. The van der Waals surface area contributed by atoms with Gasteiger partial charge >= 0.3 is 5.76 Å². The Morgan fingerprint density at radius 3 is 3.04 bits per heavy atom. The van der Waals surface area contributed by atoms with Crippen LogP contribution in [-0.2, 0) is 24.2 Å². The zero-order valence-corrected chi connectivity index (χ0v) is 15.0. The first kappa shape index (κ1) is 16.2. The van der Waals surface area contributed by atoms with Crippen molar-refractivity contribution in [3.8, 4) is 10.8 Å². The number of thiophene rings is 1. The second-order valence-corrected chi connectivity index (χ2v) is 7.80. The average Bonchev–Trinajstić information content (AvgIpc) is 3.32. The van der Waals surface area contributed by atoms with E-state index in [-0.39, 0.29) is 24.8 Å². The molecule has 0 saturated carbocycles. The summed E-state index contributed by atoms with van der Waals surface area (Å²) in [6.45, 7) is 0.171. The highest BCUT2D eigenvalue weighted by atomic mass is 32.1. The minimum Gasteiger partial charge on any atom is -0.387 e. The molecule has 1 amide bonds. The van der Waals surface area contributed by atoms with Crippen molar-refractivity contribution in [3.63, 3.8) is 0 Å². The van der Waals surface area contributed by atoms with E-state index < -0.39 is 5.76 Å². The smallest absolute Gasteiger partial charge is 0.387 e. The summed E-state index contributed by atoms with van der Waals surface area (Å²) in [4.78, 5) is 30.5. The topological polar surface area (TPSA) is 90.0 Å². The number of carbonyl (C=O) groups is 1. The third-order valence-corrected chi connectivity index (χ3v) is 5.91. The van der Waals surface area contributed by atoms with Gasteiger partial charge in [0.25, 0.3) is 5.89 Å². The number of hydrogen-bond acceptors (Lipinski definition) is 7. The molecule has 3 aromatic rings. The highest BCUT2D eigenvalue weighted by Crippen LogP contribution is 2.29. The normalized spacial score (nSPS) is 13.6. The number of nitrogens with zero attached hydrogens (tertiary/aromatic N) is 3. The van der Waals surface area contributed by atoms with E-state index in [9.17, 15) is 9.59 Å². The maximum Gasteiger partial charge on any atom is 0.437 e. The molecule has 9 heteroatoms. The quantitative estimate of drug-likeness (QED) is 0.739. The van der Waals surface area contributed by atoms with Crippen LogP contribution in [0.15, 0.2) is 26.7 Å². The number of nitrogens with one attached hydrogen (secondary N) is 1. The third-order valence-electron chi connectivity index (χ3n) is 3.98. The lowest BCUT2D eigenvalue weighted by Gasteiger charge is -2.06. The van der Waals surface area contributed by atoms with E-state index in [1.165, 1.54) is 27.3 Å². The first-order chi connectivity index (χ1) is 12.2. The highest BCUT2D eigenvalue weighted by molar-refractivity contribution is 7.15. The van der Waals surface area contributed by atoms with Crippen molar-refractivity contribution in [2.45, 2.75) is 38.6 Å². The van der Waals surface area contributed by atoms with Gasteiger partial charge in [0.05, 0.1) is 17.1 Å². The second-order valence-electron chi connectivity index (χ2n) is 5.77. The maximum atomic E-state index is 12.1. The van der Waals surface area contributed by atoms with Crippen LogP contribution in [-0.4, -0.2) is 20.7 Å². The van der Waals surface area contributed by atoms with Gasteiger partial charge in [0.1, 0.15) is 0 Å². The lowest BCUT2D eigenvalue weighted by molar-refractivity contribution is -0.116. The number of anilines is 1. The van der Waals surface area contributed by atoms with Gasteiger partial charge in [-0.15, -0.1) is 27.8 Å². The van der Waals surface area contributed by atoms with Gasteiger partial charge in [0.2, 0.25) is 5.91 Å². The Labute approximate surface area is 151 Å². The number of amides is 1. The van der Waals surface area contributed by atoms with Crippen molar-refractivity contribution < 1.29 is 9.21 Å². The van der Waals surface area contributed by atoms with Crippen LogP contribution < -0.4 is 11.1 Å². The van der Waals surface area contributed by atoms with Crippen LogP contribution in [0.2, 0.25) is 0 Å². The second kappa shape index (κ2) is 6.93. The van der Waals surface area contributed by atoms with Gasteiger partial charge in [0.15, 0.2) is 5.13 Å². The van der Waals surface area contributed by atoms with Crippen molar-refractivity contribution in [2.24, 2.45) is 0 Å². The number of fused-ring (bicyclic) bond motifs is 1. The Kier molecular flexibility index (Phi) is 4.50. The van der Waals surface area contributed by atoms with Crippen LogP contribution in [0.3, 0.4) is 0 Å². The minimum absolute atomic E-state index is 0.139. The van der Waals surface area contributed by atoms with E-state index in [1.807, 2.05) is 17.5 Å². The van der Waals surface area contributed by atoms with E-state index >= 15 is 0 Å². The summed E-state index contributed by atoms with van der Waals surface area (Å²) in [5.41, 5.74) is 1.11. The van der Waals surface area contributed by atoms with Gasteiger partial charge in [-0.3, -0.25) is 4.79 Å². The van der Waals surface area contributed by atoms with Crippen molar-refractivity contribution >= 4 is 33.7 Å². The van der Waals surface area contributed by atoms with Crippen LogP contribution in [0.5, 0.6) is 0 Å². The standard InChI is InChI=1S/C16H16N4O3S2/c21-13(18-15-17-10-4-1-2-5-11(10)25-15)7-8-20-16(22)23-14(19-20)12-6-3-9-24-12/h3,6,9H,1-2,4-5,7-8H2,(H,17,18,21). The Bertz CT molecular complexity index is 916. The van der Waals surface area contributed by atoms with E-state index in [0.717, 1.165) is 29.8 Å². The molecule has 3 aromatic heterocycles. The molecule has 1 N–H and O–H groups in total. The predicted molar refractivity (Wildman–Crippen MR) is 96.1 cm³/mol. The van der Waals surface area contributed by atoms with Crippen LogP contribution in [0, 0.1) is 0 Å². The summed E-state index contributed by atoms with van der Waals surface area (Å²) in [6.07, 6.45) is 4.51. The summed E-state index contributed by atoms with van der Waals surface area (Å²) in [6, 6.07) is 3.69. The molecule has 1 aliphatic carbocycles. The van der Waals surface area contributed by atoms with Gasteiger partial charge < -0.3 is 9.73 Å². The molecule has 0 radical (unpaired) electrons. The molecule has 4 rings (SSSR count). The molecule has 0 saturated heterocycles. The third kappa shape index (κ3) is 3.57. The number of carbonyl (C=O) groups excluding carboxylic acids is 1. The minimum atomic E-state index is -0.555. The van der Waals surface area contributed by atoms with Crippen LogP contribution >= 0.6 is 22.7 Å². The Morgan fingerprint density at radius 1 is 1.36 bits per heavy atom. The van der Waals surface area contributed by atoms with Crippen molar-refractivity contribution in [1.29, 1.82) is 0 Å². The number of hydrogen-bond donors (Lipinski definition) is 1. The van der Waals surface area contributed by atoms with E-state index in [2.05, 4.69) is 15.4 Å². The number of rotatable bonds is 5.